The van der Waals surface area contributed by atoms with Crippen LogP contribution in [-0.2, 0) is 11.5 Å². The number of benzene rings is 2. The van der Waals surface area contributed by atoms with E-state index in [1.54, 1.807) is 11.3 Å². The number of hydrogen-bond acceptors (Lipinski definition) is 4. The molecule has 0 radical (unpaired) electrons. The van der Waals surface area contributed by atoms with Crippen LogP contribution in [0.15, 0.2) is 53.9 Å². The topological polar surface area (TPSA) is 36.7 Å². The molecule has 0 aliphatic carbocycles. The molecule has 2 aromatic carbocycles. The number of nitriles is 1. The maximum absolute atomic E-state index is 8.80. The Balaban J connectivity index is 1.59. The number of aromatic nitrogens is 1. The van der Waals surface area contributed by atoms with E-state index in [4.69, 9.17) is 16.9 Å². The lowest BCUT2D eigenvalue weighted by Gasteiger charge is -2.01. The van der Waals surface area contributed by atoms with Gasteiger partial charge in [0.1, 0.15) is 5.01 Å². The quantitative estimate of drug-likeness (QED) is 0.582. The molecule has 0 aliphatic heterocycles. The Labute approximate surface area is 148 Å². The van der Waals surface area contributed by atoms with Crippen LogP contribution in [0.5, 0.6) is 0 Å². The summed E-state index contributed by atoms with van der Waals surface area (Å²) in [6.07, 6.45) is 0. The minimum absolute atomic E-state index is 0.697. The Kier molecular flexibility index (Phi) is 5.35. The summed E-state index contributed by atoms with van der Waals surface area (Å²) >= 11 is 9.65. The van der Waals surface area contributed by atoms with Gasteiger partial charge in [-0.25, -0.2) is 4.98 Å². The van der Waals surface area contributed by atoms with Gasteiger partial charge in [-0.15, -0.1) is 11.3 Å². The molecule has 2 nitrogen and oxygen atoms in total. The Morgan fingerprint density at radius 1 is 1.09 bits per heavy atom. The van der Waals surface area contributed by atoms with Crippen molar-refractivity contribution in [2.24, 2.45) is 0 Å². The molecule has 0 bridgehead atoms. The zero-order chi connectivity index (χ0) is 16.1. The highest BCUT2D eigenvalue weighted by atomic mass is 35.5. The van der Waals surface area contributed by atoms with Gasteiger partial charge in [0.25, 0.3) is 0 Å². The summed E-state index contributed by atoms with van der Waals surface area (Å²) in [6, 6.07) is 17.6. The molecule has 1 aromatic heterocycles. The van der Waals surface area contributed by atoms with Gasteiger partial charge in [0.05, 0.1) is 22.3 Å². The zero-order valence-corrected chi connectivity index (χ0v) is 14.6. The lowest BCUT2D eigenvalue weighted by Crippen LogP contribution is -1.85. The average molecular weight is 357 g/mol. The summed E-state index contributed by atoms with van der Waals surface area (Å²) in [4.78, 5) is 4.67. The molecule has 0 N–H and O–H groups in total. The molecule has 3 rings (SSSR count). The number of hydrogen-bond donors (Lipinski definition) is 0. The second-order valence-electron chi connectivity index (χ2n) is 4.93. The number of halogens is 1. The van der Waals surface area contributed by atoms with Crippen molar-refractivity contribution >= 4 is 34.7 Å². The first-order valence-corrected chi connectivity index (χ1v) is 9.43. The monoisotopic (exact) mass is 356 g/mol. The van der Waals surface area contributed by atoms with Crippen LogP contribution in [0.4, 0.5) is 0 Å². The van der Waals surface area contributed by atoms with Crippen LogP contribution in [-0.4, -0.2) is 4.98 Å². The molecule has 1 heterocycles. The maximum atomic E-state index is 8.80. The molecular formula is C18H13ClN2S2. The number of thioether (sulfide) groups is 1. The standard InChI is InChI=1S/C18H13ClN2S2/c19-17-4-2-1-3-16(17)18-21-15(12-23-18)11-22-10-14-7-5-13(9-20)6-8-14/h1-8,12H,10-11H2. The summed E-state index contributed by atoms with van der Waals surface area (Å²) in [6.45, 7) is 0. The van der Waals surface area contributed by atoms with Gasteiger partial charge in [-0.05, 0) is 23.8 Å². The highest BCUT2D eigenvalue weighted by Gasteiger charge is 2.08. The van der Waals surface area contributed by atoms with Crippen LogP contribution in [0.2, 0.25) is 5.02 Å². The van der Waals surface area contributed by atoms with Gasteiger partial charge < -0.3 is 0 Å². The summed E-state index contributed by atoms with van der Waals surface area (Å²) in [5.74, 6) is 1.77. The molecule has 0 atom stereocenters. The first kappa shape index (κ1) is 16.1. The SMILES string of the molecule is N#Cc1ccc(CSCc2csc(-c3ccccc3Cl)n2)cc1. The van der Waals surface area contributed by atoms with Crippen molar-refractivity contribution in [3.05, 3.63) is 75.8 Å². The molecule has 5 heteroatoms. The Morgan fingerprint density at radius 2 is 1.87 bits per heavy atom. The molecule has 114 valence electrons. The van der Waals surface area contributed by atoms with Gasteiger partial charge in [-0.3, -0.25) is 0 Å². The third-order valence-corrected chi connectivity index (χ3v) is 5.55. The Bertz CT molecular complexity index is 835. The largest absolute Gasteiger partial charge is 0.240 e. The highest BCUT2D eigenvalue weighted by molar-refractivity contribution is 7.97. The highest BCUT2D eigenvalue weighted by Crippen LogP contribution is 2.31. The smallest absolute Gasteiger partial charge is 0.125 e. The molecule has 0 saturated heterocycles. The molecule has 0 spiro atoms. The average Bonchev–Trinajstić information content (AvgIpc) is 3.04. The lowest BCUT2D eigenvalue weighted by atomic mass is 10.2. The summed E-state index contributed by atoms with van der Waals surface area (Å²) < 4.78 is 0. The number of thiazole rings is 1. The van der Waals surface area contributed by atoms with E-state index >= 15 is 0 Å². The van der Waals surface area contributed by atoms with Crippen LogP contribution in [0.1, 0.15) is 16.8 Å². The first-order chi connectivity index (χ1) is 11.3. The minimum atomic E-state index is 0.697. The number of rotatable bonds is 5. The summed E-state index contributed by atoms with van der Waals surface area (Å²) in [7, 11) is 0. The van der Waals surface area contributed by atoms with Gasteiger partial charge >= 0.3 is 0 Å². The van der Waals surface area contributed by atoms with E-state index in [1.165, 1.54) is 5.56 Å². The fourth-order valence-corrected chi connectivity index (χ4v) is 4.21. The molecule has 0 aliphatic rings. The van der Waals surface area contributed by atoms with E-state index in [-0.39, 0.29) is 0 Å². The second kappa shape index (κ2) is 7.65. The third kappa shape index (κ3) is 4.14. The Hall–Kier alpha value is -1.80. The molecule has 0 amide bonds. The van der Waals surface area contributed by atoms with Gasteiger partial charge in [0.15, 0.2) is 0 Å². The lowest BCUT2D eigenvalue weighted by molar-refractivity contribution is 1.23. The number of nitrogens with zero attached hydrogens (tertiary/aromatic N) is 2. The predicted molar refractivity (Wildman–Crippen MR) is 98.7 cm³/mol. The van der Waals surface area contributed by atoms with Crippen LogP contribution in [0.3, 0.4) is 0 Å². The van der Waals surface area contributed by atoms with Crippen LogP contribution in [0, 0.1) is 11.3 Å². The maximum Gasteiger partial charge on any atom is 0.125 e. The molecular weight excluding hydrogens is 344 g/mol. The van der Waals surface area contributed by atoms with Gasteiger partial charge in [0.2, 0.25) is 0 Å². The summed E-state index contributed by atoms with van der Waals surface area (Å²) in [5, 5.41) is 12.6. The normalized spacial score (nSPS) is 10.4. The molecule has 23 heavy (non-hydrogen) atoms. The molecule has 3 aromatic rings. The zero-order valence-electron chi connectivity index (χ0n) is 12.2. The van der Waals surface area contributed by atoms with Crippen LogP contribution in [0.25, 0.3) is 10.6 Å². The van der Waals surface area contributed by atoms with Crippen molar-refractivity contribution in [3.8, 4) is 16.6 Å². The van der Waals surface area contributed by atoms with Crippen molar-refractivity contribution in [2.45, 2.75) is 11.5 Å². The molecule has 0 unspecified atom stereocenters. The summed E-state index contributed by atoms with van der Waals surface area (Å²) in [5.41, 5.74) is 3.98. The van der Waals surface area contributed by atoms with Crippen molar-refractivity contribution in [1.29, 1.82) is 5.26 Å². The predicted octanol–water partition coefficient (Wildman–Crippen LogP) is 5.77. The van der Waals surface area contributed by atoms with Crippen molar-refractivity contribution in [1.82, 2.24) is 4.98 Å². The third-order valence-electron chi connectivity index (χ3n) is 3.26. The fourth-order valence-electron chi connectivity index (χ4n) is 2.08. The van der Waals surface area contributed by atoms with Gasteiger partial charge in [-0.1, -0.05) is 41.9 Å². The van der Waals surface area contributed by atoms with Crippen molar-refractivity contribution in [2.75, 3.05) is 0 Å². The van der Waals surface area contributed by atoms with E-state index in [9.17, 15) is 0 Å². The van der Waals surface area contributed by atoms with Gasteiger partial charge in [0, 0.05) is 22.4 Å². The van der Waals surface area contributed by atoms with Crippen LogP contribution >= 0.6 is 34.7 Å². The fraction of sp³-hybridized carbons (Fsp3) is 0.111. The van der Waals surface area contributed by atoms with E-state index in [2.05, 4.69) is 16.4 Å². The first-order valence-electron chi connectivity index (χ1n) is 7.02. The van der Waals surface area contributed by atoms with E-state index in [0.717, 1.165) is 32.8 Å². The molecule has 0 saturated carbocycles. The van der Waals surface area contributed by atoms with E-state index in [0.29, 0.717) is 5.56 Å². The van der Waals surface area contributed by atoms with Crippen LogP contribution < -0.4 is 0 Å². The van der Waals surface area contributed by atoms with E-state index < -0.39 is 0 Å². The van der Waals surface area contributed by atoms with Crippen molar-refractivity contribution < 1.29 is 0 Å². The van der Waals surface area contributed by atoms with E-state index in [1.807, 2.05) is 60.3 Å². The Morgan fingerprint density at radius 3 is 2.61 bits per heavy atom. The molecule has 0 fully saturated rings. The minimum Gasteiger partial charge on any atom is -0.240 e. The van der Waals surface area contributed by atoms with Gasteiger partial charge in [-0.2, -0.15) is 17.0 Å². The second-order valence-corrected chi connectivity index (χ2v) is 7.18. The van der Waals surface area contributed by atoms with Crippen molar-refractivity contribution in [3.63, 3.8) is 0 Å².